The van der Waals surface area contributed by atoms with E-state index in [1.54, 1.807) is 13.2 Å². The predicted molar refractivity (Wildman–Crippen MR) is 103 cm³/mol. The molecule has 5 nitrogen and oxygen atoms in total. The van der Waals surface area contributed by atoms with Gasteiger partial charge in [-0.1, -0.05) is 30.3 Å². The molecule has 0 bridgehead atoms. The molecule has 5 heteroatoms. The van der Waals surface area contributed by atoms with E-state index in [1.807, 2.05) is 54.9 Å². The highest BCUT2D eigenvalue weighted by Gasteiger charge is 2.09. The molecule has 2 N–H and O–H groups in total. The number of imidazole rings is 1. The summed E-state index contributed by atoms with van der Waals surface area (Å²) in [5.41, 5.74) is 5.08. The summed E-state index contributed by atoms with van der Waals surface area (Å²) < 4.78 is 7.26. The molecule has 0 radical (unpaired) electrons. The molecular weight excluding hydrogens is 326 g/mol. The molecule has 0 spiro atoms. The van der Waals surface area contributed by atoms with E-state index >= 15 is 0 Å². The van der Waals surface area contributed by atoms with Crippen LogP contribution >= 0.6 is 0 Å². The van der Waals surface area contributed by atoms with Gasteiger partial charge in [-0.05, 0) is 42.0 Å². The third-order valence-electron chi connectivity index (χ3n) is 4.34. The van der Waals surface area contributed by atoms with Crippen molar-refractivity contribution in [3.05, 3.63) is 78.6 Å². The monoisotopic (exact) mass is 345 g/mol. The molecule has 4 aromatic rings. The number of methoxy groups -OCH3 is 1. The second-order valence-corrected chi connectivity index (χ2v) is 5.98. The van der Waals surface area contributed by atoms with Gasteiger partial charge in [0.15, 0.2) is 11.5 Å². The van der Waals surface area contributed by atoms with Gasteiger partial charge in [0.1, 0.15) is 6.33 Å². The van der Waals surface area contributed by atoms with Crippen LogP contribution in [0.4, 0.5) is 5.69 Å². The zero-order valence-electron chi connectivity index (χ0n) is 14.4. The van der Waals surface area contributed by atoms with Gasteiger partial charge in [-0.25, -0.2) is 4.98 Å². The summed E-state index contributed by atoms with van der Waals surface area (Å²) in [5, 5.41) is 13.2. The fraction of sp³-hybridized carbons (Fsp3) is 0.0952. The molecule has 4 rings (SSSR count). The smallest absolute Gasteiger partial charge is 0.160 e. The topological polar surface area (TPSA) is 59.3 Å². The van der Waals surface area contributed by atoms with Gasteiger partial charge in [-0.15, -0.1) is 0 Å². The summed E-state index contributed by atoms with van der Waals surface area (Å²) in [4.78, 5) is 4.48. The average molecular weight is 345 g/mol. The highest BCUT2D eigenvalue weighted by atomic mass is 16.5. The minimum atomic E-state index is 0.140. The third-order valence-corrected chi connectivity index (χ3v) is 4.34. The summed E-state index contributed by atoms with van der Waals surface area (Å²) in [6, 6.07) is 21.5. The number of aromatic hydroxyl groups is 1. The van der Waals surface area contributed by atoms with Gasteiger partial charge < -0.3 is 15.2 Å². The van der Waals surface area contributed by atoms with Crippen LogP contribution in [0, 0.1) is 0 Å². The van der Waals surface area contributed by atoms with Gasteiger partial charge in [0, 0.05) is 6.54 Å². The first-order valence-corrected chi connectivity index (χ1v) is 8.37. The van der Waals surface area contributed by atoms with Crippen LogP contribution in [0.2, 0.25) is 0 Å². The van der Waals surface area contributed by atoms with Crippen molar-refractivity contribution >= 4 is 16.7 Å². The second kappa shape index (κ2) is 6.80. The quantitative estimate of drug-likeness (QED) is 0.564. The lowest BCUT2D eigenvalue weighted by atomic mass is 10.2. The number of phenols is 1. The van der Waals surface area contributed by atoms with Crippen molar-refractivity contribution in [2.75, 3.05) is 12.4 Å². The highest BCUT2D eigenvalue weighted by Crippen LogP contribution is 2.28. The van der Waals surface area contributed by atoms with Crippen LogP contribution in [0.25, 0.3) is 16.7 Å². The van der Waals surface area contributed by atoms with Crippen molar-refractivity contribution < 1.29 is 9.84 Å². The van der Waals surface area contributed by atoms with E-state index in [1.165, 1.54) is 0 Å². The van der Waals surface area contributed by atoms with Gasteiger partial charge in [0.2, 0.25) is 0 Å². The lowest BCUT2D eigenvalue weighted by Crippen LogP contribution is -2.04. The number of ether oxygens (including phenoxy) is 1. The van der Waals surface area contributed by atoms with Gasteiger partial charge in [-0.3, -0.25) is 4.57 Å². The number of aromatic nitrogens is 2. The SMILES string of the molecule is COc1cc(CNc2ccccc2-n2cnc3ccccc32)ccc1O. The maximum absolute atomic E-state index is 9.73. The first-order chi connectivity index (χ1) is 12.8. The fourth-order valence-electron chi connectivity index (χ4n) is 3.01. The van der Waals surface area contributed by atoms with E-state index in [0.717, 1.165) is 28.0 Å². The third kappa shape index (κ3) is 2.95. The molecule has 3 aromatic carbocycles. The number of anilines is 1. The first-order valence-electron chi connectivity index (χ1n) is 8.37. The number of hydrogen-bond acceptors (Lipinski definition) is 4. The number of fused-ring (bicyclic) bond motifs is 1. The normalized spacial score (nSPS) is 10.8. The van der Waals surface area contributed by atoms with E-state index in [0.29, 0.717) is 12.3 Å². The molecule has 26 heavy (non-hydrogen) atoms. The Labute approximate surface area is 151 Å². The van der Waals surface area contributed by atoms with Crippen molar-refractivity contribution in [1.82, 2.24) is 9.55 Å². The summed E-state index contributed by atoms with van der Waals surface area (Å²) in [7, 11) is 1.55. The van der Waals surface area contributed by atoms with E-state index in [-0.39, 0.29) is 5.75 Å². The maximum atomic E-state index is 9.73. The molecule has 0 atom stereocenters. The Balaban J connectivity index is 1.64. The Kier molecular flexibility index (Phi) is 4.19. The lowest BCUT2D eigenvalue weighted by molar-refractivity contribution is 0.373. The zero-order valence-corrected chi connectivity index (χ0v) is 14.4. The Morgan fingerprint density at radius 2 is 1.85 bits per heavy atom. The Morgan fingerprint density at radius 3 is 2.73 bits per heavy atom. The predicted octanol–water partition coefficient (Wildman–Crippen LogP) is 4.35. The van der Waals surface area contributed by atoms with Crippen LogP contribution in [0.5, 0.6) is 11.5 Å². The number of phenolic OH excluding ortho intramolecular Hbond substituents is 1. The van der Waals surface area contributed by atoms with Crippen molar-refractivity contribution in [2.24, 2.45) is 0 Å². The molecule has 0 fully saturated rings. The van der Waals surface area contributed by atoms with Gasteiger partial charge in [0.25, 0.3) is 0 Å². The molecular formula is C21H19N3O2. The van der Waals surface area contributed by atoms with Crippen molar-refractivity contribution in [3.8, 4) is 17.2 Å². The summed E-state index contributed by atoms with van der Waals surface area (Å²) in [5.74, 6) is 0.611. The minimum absolute atomic E-state index is 0.140. The van der Waals surface area contributed by atoms with Crippen LogP contribution in [-0.4, -0.2) is 21.8 Å². The summed E-state index contributed by atoms with van der Waals surface area (Å²) in [6.07, 6.45) is 1.84. The average Bonchev–Trinajstić information content (AvgIpc) is 3.11. The molecule has 0 aliphatic heterocycles. The number of hydrogen-bond donors (Lipinski definition) is 2. The fourth-order valence-corrected chi connectivity index (χ4v) is 3.01. The minimum Gasteiger partial charge on any atom is -0.504 e. The highest BCUT2D eigenvalue weighted by molar-refractivity contribution is 5.79. The second-order valence-electron chi connectivity index (χ2n) is 5.98. The first kappa shape index (κ1) is 16.0. The number of para-hydroxylation sites is 4. The van der Waals surface area contributed by atoms with E-state index in [4.69, 9.17) is 4.74 Å². The molecule has 1 aromatic heterocycles. The van der Waals surface area contributed by atoms with Crippen molar-refractivity contribution in [1.29, 1.82) is 0 Å². The van der Waals surface area contributed by atoms with Crippen LogP contribution in [0.3, 0.4) is 0 Å². The van der Waals surface area contributed by atoms with Gasteiger partial charge >= 0.3 is 0 Å². The Morgan fingerprint density at radius 1 is 1.04 bits per heavy atom. The lowest BCUT2D eigenvalue weighted by Gasteiger charge is -2.14. The van der Waals surface area contributed by atoms with Crippen molar-refractivity contribution in [3.63, 3.8) is 0 Å². The van der Waals surface area contributed by atoms with Gasteiger partial charge in [0.05, 0.1) is 29.5 Å². The molecule has 0 aliphatic carbocycles. The largest absolute Gasteiger partial charge is 0.504 e. The standard InChI is InChI=1S/C21H19N3O2/c1-26-21-12-15(10-11-20(21)25)13-22-16-6-2-4-8-18(16)24-14-23-17-7-3-5-9-19(17)24/h2-12,14,22,25H,13H2,1H3. The summed E-state index contributed by atoms with van der Waals surface area (Å²) >= 11 is 0. The van der Waals surface area contributed by atoms with E-state index < -0.39 is 0 Å². The van der Waals surface area contributed by atoms with E-state index in [9.17, 15) is 5.11 Å². The molecule has 0 aliphatic rings. The molecule has 0 unspecified atom stereocenters. The van der Waals surface area contributed by atoms with Crippen LogP contribution < -0.4 is 10.1 Å². The van der Waals surface area contributed by atoms with Crippen LogP contribution in [-0.2, 0) is 6.54 Å². The number of nitrogens with one attached hydrogen (secondary N) is 1. The maximum Gasteiger partial charge on any atom is 0.160 e. The number of nitrogens with zero attached hydrogens (tertiary/aromatic N) is 2. The molecule has 1 heterocycles. The summed E-state index contributed by atoms with van der Waals surface area (Å²) in [6.45, 7) is 0.611. The molecule has 130 valence electrons. The zero-order chi connectivity index (χ0) is 17.9. The van der Waals surface area contributed by atoms with Crippen LogP contribution in [0.15, 0.2) is 73.1 Å². The number of benzene rings is 3. The Bertz CT molecular complexity index is 1060. The van der Waals surface area contributed by atoms with Crippen LogP contribution in [0.1, 0.15) is 5.56 Å². The number of rotatable bonds is 5. The Hall–Kier alpha value is -3.47. The molecule has 0 saturated carbocycles. The molecule has 0 saturated heterocycles. The van der Waals surface area contributed by atoms with Crippen molar-refractivity contribution in [2.45, 2.75) is 6.54 Å². The molecule has 0 amide bonds. The van der Waals surface area contributed by atoms with E-state index in [2.05, 4.69) is 27.0 Å². The van der Waals surface area contributed by atoms with Gasteiger partial charge in [-0.2, -0.15) is 0 Å².